The number of carbonyl (C=O) groups is 1. The molecule has 0 radical (unpaired) electrons. The van der Waals surface area contributed by atoms with Gasteiger partial charge in [0.2, 0.25) is 0 Å². The maximum atomic E-state index is 11.6. The summed E-state index contributed by atoms with van der Waals surface area (Å²) in [4.78, 5) is 13.5. The van der Waals surface area contributed by atoms with E-state index in [-0.39, 0.29) is 10.0 Å². The van der Waals surface area contributed by atoms with Crippen LogP contribution in [0.4, 0.5) is 0 Å². The number of hydrogen-bond donors (Lipinski definition) is 0. The Bertz CT molecular complexity index is 872. The first-order valence-electron chi connectivity index (χ1n) is 8.74. The van der Waals surface area contributed by atoms with Crippen LogP contribution in [0.2, 0.25) is 0 Å². The van der Waals surface area contributed by atoms with Crippen LogP contribution in [0, 0.1) is 11.8 Å². The third-order valence-corrected chi connectivity index (χ3v) is 8.52. The molecule has 1 aliphatic heterocycles. The maximum Gasteiger partial charge on any atom is 0.311 e. The van der Waals surface area contributed by atoms with E-state index in [0.29, 0.717) is 13.0 Å². The average Bonchev–Trinajstić information content (AvgIpc) is 3.13. The topological polar surface area (TPSA) is 35.5 Å². The van der Waals surface area contributed by atoms with Gasteiger partial charge in [-0.2, -0.15) is 0 Å². The zero-order chi connectivity index (χ0) is 19.3. The minimum atomic E-state index is -0.195. The summed E-state index contributed by atoms with van der Waals surface area (Å²) < 4.78 is 10.9. The van der Waals surface area contributed by atoms with Crippen molar-refractivity contribution < 1.29 is 14.3 Å². The Morgan fingerprint density at radius 3 is 2.81 bits per heavy atom. The molecule has 0 atom stereocenters. The number of esters is 1. The lowest BCUT2D eigenvalue weighted by molar-refractivity contribution is -0.142. The van der Waals surface area contributed by atoms with Crippen LogP contribution in [-0.2, 0) is 20.0 Å². The highest BCUT2D eigenvalue weighted by molar-refractivity contribution is 8.16. The van der Waals surface area contributed by atoms with E-state index < -0.39 is 0 Å². The van der Waals surface area contributed by atoms with Crippen LogP contribution in [-0.4, -0.2) is 31.7 Å². The van der Waals surface area contributed by atoms with Crippen molar-refractivity contribution in [2.45, 2.75) is 23.8 Å². The highest BCUT2D eigenvalue weighted by Crippen LogP contribution is 2.52. The van der Waals surface area contributed by atoms with Gasteiger partial charge >= 0.3 is 5.97 Å². The van der Waals surface area contributed by atoms with E-state index >= 15 is 0 Å². The Balaban J connectivity index is 1.80. The van der Waals surface area contributed by atoms with Gasteiger partial charge in [0.1, 0.15) is 5.75 Å². The Kier molecular flexibility index (Phi) is 6.80. The number of benzene rings is 1. The normalized spacial score (nSPS) is 14.5. The summed E-state index contributed by atoms with van der Waals surface area (Å²) in [5, 5.41) is 0. The van der Waals surface area contributed by atoms with Gasteiger partial charge in [-0.15, -0.1) is 34.9 Å². The van der Waals surface area contributed by atoms with Gasteiger partial charge in [0, 0.05) is 22.4 Å². The minimum absolute atomic E-state index is 0.0288. The molecule has 6 heteroatoms. The molecule has 2 heterocycles. The molecule has 1 aliphatic rings. The van der Waals surface area contributed by atoms with Gasteiger partial charge in [0.25, 0.3) is 0 Å². The van der Waals surface area contributed by atoms with E-state index in [1.54, 1.807) is 0 Å². The molecule has 0 amide bonds. The average molecular weight is 419 g/mol. The molecular weight excluding hydrogens is 396 g/mol. The van der Waals surface area contributed by atoms with Crippen molar-refractivity contribution in [3.05, 3.63) is 51.2 Å². The largest absolute Gasteiger partial charge is 0.493 e. The van der Waals surface area contributed by atoms with E-state index in [9.17, 15) is 4.79 Å². The first kappa shape index (κ1) is 20.2. The predicted molar refractivity (Wildman–Crippen MR) is 116 cm³/mol. The van der Waals surface area contributed by atoms with Crippen LogP contribution >= 0.6 is 34.9 Å². The summed E-state index contributed by atoms with van der Waals surface area (Å²) in [6.45, 7) is 2.97. The molecular formula is C21H22O3S3. The van der Waals surface area contributed by atoms with Crippen molar-refractivity contribution in [1.82, 2.24) is 0 Å². The van der Waals surface area contributed by atoms with Crippen molar-refractivity contribution >= 4 is 40.8 Å². The molecule has 2 aromatic rings. The van der Waals surface area contributed by atoms with Crippen LogP contribution in [0.15, 0.2) is 30.3 Å². The first-order valence-corrected chi connectivity index (χ1v) is 12.0. The summed E-state index contributed by atoms with van der Waals surface area (Å²) in [6, 6.07) is 10.1. The SMILES string of the molecule is CCOC(=O)Cc1ccc(C#Cc2ccc3c(c2)C(SC)(SC)CCO3)s1. The smallest absolute Gasteiger partial charge is 0.311 e. The third kappa shape index (κ3) is 4.66. The quantitative estimate of drug-likeness (QED) is 0.391. The van der Waals surface area contributed by atoms with Gasteiger partial charge < -0.3 is 9.47 Å². The molecule has 1 aromatic carbocycles. The summed E-state index contributed by atoms with van der Waals surface area (Å²) in [6.07, 6.45) is 5.60. The highest BCUT2D eigenvalue weighted by Gasteiger charge is 2.36. The van der Waals surface area contributed by atoms with Crippen molar-refractivity contribution in [3.8, 4) is 17.6 Å². The second kappa shape index (κ2) is 9.09. The molecule has 0 N–H and O–H groups in total. The molecule has 3 nitrogen and oxygen atoms in total. The number of thiophene rings is 1. The van der Waals surface area contributed by atoms with E-state index in [0.717, 1.165) is 34.1 Å². The third-order valence-electron chi connectivity index (χ3n) is 4.35. The molecule has 0 saturated heterocycles. The van der Waals surface area contributed by atoms with Crippen molar-refractivity contribution in [3.63, 3.8) is 0 Å². The molecule has 0 aliphatic carbocycles. The second-order valence-corrected chi connectivity index (χ2v) is 9.61. The van der Waals surface area contributed by atoms with Crippen LogP contribution in [0.3, 0.4) is 0 Å². The maximum absolute atomic E-state index is 11.6. The summed E-state index contributed by atoms with van der Waals surface area (Å²) in [5.41, 5.74) is 2.20. The fourth-order valence-electron chi connectivity index (χ4n) is 3.00. The van der Waals surface area contributed by atoms with Gasteiger partial charge in [-0.05, 0) is 49.8 Å². The zero-order valence-electron chi connectivity index (χ0n) is 15.7. The number of hydrogen-bond acceptors (Lipinski definition) is 6. The minimum Gasteiger partial charge on any atom is -0.493 e. The molecule has 0 unspecified atom stereocenters. The van der Waals surface area contributed by atoms with Gasteiger partial charge in [0.15, 0.2) is 0 Å². The Morgan fingerprint density at radius 2 is 2.07 bits per heavy atom. The Hall–Kier alpha value is -1.55. The predicted octanol–water partition coefficient (Wildman–Crippen LogP) is 4.91. The van der Waals surface area contributed by atoms with Crippen molar-refractivity contribution in [2.75, 3.05) is 25.7 Å². The van der Waals surface area contributed by atoms with Crippen molar-refractivity contribution in [2.24, 2.45) is 0 Å². The van der Waals surface area contributed by atoms with E-state index in [1.165, 1.54) is 16.9 Å². The molecule has 142 valence electrons. The summed E-state index contributed by atoms with van der Waals surface area (Å²) >= 11 is 5.27. The lowest BCUT2D eigenvalue weighted by Gasteiger charge is -2.36. The highest BCUT2D eigenvalue weighted by atomic mass is 32.2. The number of rotatable bonds is 5. The van der Waals surface area contributed by atoms with Crippen molar-refractivity contribution in [1.29, 1.82) is 0 Å². The van der Waals surface area contributed by atoms with Crippen LogP contribution < -0.4 is 4.74 Å². The fourth-order valence-corrected chi connectivity index (χ4v) is 5.84. The van der Waals surface area contributed by atoms with Crippen LogP contribution in [0.5, 0.6) is 5.75 Å². The first-order chi connectivity index (χ1) is 13.1. The zero-order valence-corrected chi connectivity index (χ0v) is 18.1. The second-order valence-electron chi connectivity index (χ2n) is 5.97. The van der Waals surface area contributed by atoms with E-state index in [2.05, 4.69) is 30.4 Å². The van der Waals surface area contributed by atoms with Gasteiger partial charge in [0.05, 0.1) is 28.6 Å². The summed E-state index contributed by atoms with van der Waals surface area (Å²) in [7, 11) is 0. The monoisotopic (exact) mass is 418 g/mol. The number of carbonyl (C=O) groups excluding carboxylic acids is 1. The van der Waals surface area contributed by atoms with E-state index in [1.807, 2.05) is 54.7 Å². The Labute approximate surface area is 173 Å². The Morgan fingerprint density at radius 1 is 1.26 bits per heavy atom. The van der Waals surface area contributed by atoms with E-state index in [4.69, 9.17) is 9.47 Å². The van der Waals surface area contributed by atoms with Gasteiger partial charge in [-0.1, -0.05) is 11.8 Å². The number of thioether (sulfide) groups is 2. The van der Waals surface area contributed by atoms with Crippen LogP contribution in [0.1, 0.15) is 34.2 Å². The summed E-state index contributed by atoms with van der Waals surface area (Å²) in [5.74, 6) is 7.24. The van der Waals surface area contributed by atoms with Gasteiger partial charge in [-0.25, -0.2) is 0 Å². The number of fused-ring (bicyclic) bond motifs is 1. The molecule has 27 heavy (non-hydrogen) atoms. The molecule has 0 bridgehead atoms. The lowest BCUT2D eigenvalue weighted by atomic mass is 10.0. The van der Waals surface area contributed by atoms with Gasteiger partial charge in [-0.3, -0.25) is 4.79 Å². The molecule has 3 rings (SSSR count). The fraction of sp³-hybridized carbons (Fsp3) is 0.381. The number of ether oxygens (including phenoxy) is 2. The molecule has 0 spiro atoms. The molecule has 0 fully saturated rings. The van der Waals surface area contributed by atoms with Crippen LogP contribution in [0.25, 0.3) is 0 Å². The molecule has 1 aromatic heterocycles. The lowest BCUT2D eigenvalue weighted by Crippen LogP contribution is -2.26. The molecule has 0 saturated carbocycles. The standard InChI is InChI=1S/C21H22O3S3/c1-4-23-20(22)14-17-9-8-16(27-17)7-5-15-6-10-19-18(13-15)21(25-2,26-3)11-12-24-19/h6,8-10,13H,4,11-12,14H2,1-3H3.